The van der Waals surface area contributed by atoms with E-state index in [1.165, 1.54) is 0 Å². The maximum Gasteiger partial charge on any atom is 0.329 e. The van der Waals surface area contributed by atoms with Crippen molar-refractivity contribution in [2.24, 2.45) is 5.92 Å². The van der Waals surface area contributed by atoms with Gasteiger partial charge in [0.05, 0.1) is 0 Å². The van der Waals surface area contributed by atoms with Crippen LogP contribution in [-0.4, -0.2) is 17.9 Å². The fraction of sp³-hybridized carbons (Fsp3) is 0.300. The van der Waals surface area contributed by atoms with Crippen molar-refractivity contribution in [1.29, 1.82) is 0 Å². The molecular weight excluding hydrogens is 373 g/mol. The van der Waals surface area contributed by atoms with E-state index in [1.54, 1.807) is 36.4 Å². The Bertz CT molecular complexity index is 762. The zero-order chi connectivity index (χ0) is 19.1. The molecule has 0 radical (unpaired) electrons. The van der Waals surface area contributed by atoms with Crippen LogP contribution in [0.4, 0.5) is 0 Å². The lowest BCUT2D eigenvalue weighted by Gasteiger charge is -2.23. The molecule has 0 aliphatic rings. The maximum atomic E-state index is 12.5. The minimum Gasteiger partial charge on any atom is -0.459 e. The quantitative estimate of drug-likeness (QED) is 0.681. The number of carbonyl (C=O) groups is 2. The summed E-state index contributed by atoms with van der Waals surface area (Å²) >= 11 is 11.9. The Morgan fingerprint density at radius 3 is 2.35 bits per heavy atom. The van der Waals surface area contributed by atoms with Crippen LogP contribution in [0.5, 0.6) is 0 Å². The number of nitrogens with one attached hydrogen (secondary N) is 1. The molecule has 0 aliphatic carbocycles. The minimum absolute atomic E-state index is 0.0578. The van der Waals surface area contributed by atoms with Gasteiger partial charge in [-0.15, -0.1) is 0 Å². The van der Waals surface area contributed by atoms with E-state index in [4.69, 9.17) is 27.9 Å². The zero-order valence-corrected chi connectivity index (χ0v) is 16.2. The van der Waals surface area contributed by atoms with E-state index in [0.29, 0.717) is 22.0 Å². The van der Waals surface area contributed by atoms with Gasteiger partial charge in [-0.1, -0.05) is 61.7 Å². The third kappa shape index (κ3) is 5.48. The number of rotatable bonds is 7. The SMILES string of the molecule is CC[C@@H](C)[C@H](NC(=O)c1ccc(Cl)cc1)C(=O)OCc1ccccc1Cl. The Balaban J connectivity index is 2.06. The lowest BCUT2D eigenvalue weighted by molar-refractivity contribution is -0.148. The minimum atomic E-state index is -0.745. The molecule has 0 saturated carbocycles. The molecule has 0 unspecified atom stereocenters. The number of hydrogen-bond donors (Lipinski definition) is 1. The van der Waals surface area contributed by atoms with Gasteiger partial charge in [0.1, 0.15) is 12.6 Å². The van der Waals surface area contributed by atoms with Gasteiger partial charge in [-0.05, 0) is 36.2 Å². The number of carbonyl (C=O) groups excluding carboxylic acids is 2. The fourth-order valence-corrected chi connectivity index (χ4v) is 2.67. The number of benzene rings is 2. The molecule has 26 heavy (non-hydrogen) atoms. The molecule has 0 fully saturated rings. The smallest absolute Gasteiger partial charge is 0.329 e. The second-order valence-corrected chi connectivity index (χ2v) is 6.89. The van der Waals surface area contributed by atoms with Crippen LogP contribution in [0.2, 0.25) is 10.0 Å². The van der Waals surface area contributed by atoms with Crippen LogP contribution < -0.4 is 5.32 Å². The number of amides is 1. The van der Waals surface area contributed by atoms with Crippen molar-refractivity contribution in [3.8, 4) is 0 Å². The standard InChI is InChI=1S/C20H21Cl2NO3/c1-3-13(2)18(23-19(24)14-8-10-16(21)11-9-14)20(25)26-12-15-6-4-5-7-17(15)22/h4-11,13,18H,3,12H2,1-2H3,(H,23,24)/t13-,18+/m1/s1. The lowest BCUT2D eigenvalue weighted by atomic mass is 9.98. The molecule has 4 nitrogen and oxygen atoms in total. The first-order valence-corrected chi connectivity index (χ1v) is 9.14. The molecular formula is C20H21Cl2NO3. The number of hydrogen-bond acceptors (Lipinski definition) is 3. The Morgan fingerprint density at radius 2 is 1.73 bits per heavy atom. The molecule has 0 aromatic heterocycles. The van der Waals surface area contributed by atoms with Crippen LogP contribution in [0, 0.1) is 5.92 Å². The van der Waals surface area contributed by atoms with Gasteiger partial charge < -0.3 is 10.1 Å². The second-order valence-electron chi connectivity index (χ2n) is 6.04. The van der Waals surface area contributed by atoms with Crippen molar-refractivity contribution >= 4 is 35.1 Å². The van der Waals surface area contributed by atoms with Crippen LogP contribution in [0.15, 0.2) is 48.5 Å². The van der Waals surface area contributed by atoms with E-state index in [9.17, 15) is 9.59 Å². The van der Waals surface area contributed by atoms with E-state index in [-0.39, 0.29) is 18.4 Å². The van der Waals surface area contributed by atoms with Crippen LogP contribution in [0.25, 0.3) is 0 Å². The normalized spacial score (nSPS) is 12.9. The molecule has 0 saturated heterocycles. The van der Waals surface area contributed by atoms with Crippen LogP contribution in [-0.2, 0) is 16.1 Å². The molecule has 2 aromatic carbocycles. The summed E-state index contributed by atoms with van der Waals surface area (Å²) in [5.41, 5.74) is 1.15. The average Bonchev–Trinajstić information content (AvgIpc) is 2.65. The first-order valence-electron chi connectivity index (χ1n) is 8.38. The maximum absolute atomic E-state index is 12.5. The van der Waals surface area contributed by atoms with Gasteiger partial charge in [0.2, 0.25) is 0 Å². The number of halogens is 2. The van der Waals surface area contributed by atoms with Crippen molar-refractivity contribution in [3.05, 3.63) is 69.7 Å². The summed E-state index contributed by atoms with van der Waals surface area (Å²) in [5, 5.41) is 3.84. The number of esters is 1. The molecule has 2 atom stereocenters. The second kappa shape index (κ2) is 9.60. The molecule has 1 amide bonds. The molecule has 0 spiro atoms. The van der Waals surface area contributed by atoms with Gasteiger partial charge in [0.15, 0.2) is 0 Å². The van der Waals surface area contributed by atoms with Crippen molar-refractivity contribution in [2.45, 2.75) is 32.9 Å². The molecule has 6 heteroatoms. The third-order valence-electron chi connectivity index (χ3n) is 4.19. The first kappa shape index (κ1) is 20.3. The molecule has 2 aromatic rings. The Morgan fingerprint density at radius 1 is 1.08 bits per heavy atom. The highest BCUT2D eigenvalue weighted by Gasteiger charge is 2.28. The summed E-state index contributed by atoms with van der Waals surface area (Å²) in [4.78, 5) is 25.0. The van der Waals surface area contributed by atoms with Gasteiger partial charge in [-0.25, -0.2) is 4.79 Å². The van der Waals surface area contributed by atoms with Crippen molar-refractivity contribution < 1.29 is 14.3 Å². The topological polar surface area (TPSA) is 55.4 Å². The monoisotopic (exact) mass is 393 g/mol. The highest BCUT2D eigenvalue weighted by Crippen LogP contribution is 2.18. The molecule has 138 valence electrons. The van der Waals surface area contributed by atoms with Crippen molar-refractivity contribution in [1.82, 2.24) is 5.32 Å². The van der Waals surface area contributed by atoms with Gasteiger partial charge in [0, 0.05) is 21.2 Å². The van der Waals surface area contributed by atoms with Crippen LogP contribution in [0.1, 0.15) is 36.2 Å². The van der Waals surface area contributed by atoms with E-state index in [0.717, 1.165) is 5.56 Å². The number of ether oxygens (including phenoxy) is 1. The van der Waals surface area contributed by atoms with Crippen molar-refractivity contribution in [2.75, 3.05) is 0 Å². The van der Waals surface area contributed by atoms with E-state index in [1.807, 2.05) is 26.0 Å². The Hall–Kier alpha value is -2.04. The van der Waals surface area contributed by atoms with Gasteiger partial charge in [-0.2, -0.15) is 0 Å². The molecule has 2 rings (SSSR count). The largest absolute Gasteiger partial charge is 0.459 e. The summed E-state index contributed by atoms with van der Waals surface area (Å²) in [5.74, 6) is -0.909. The summed E-state index contributed by atoms with van der Waals surface area (Å²) in [6.45, 7) is 3.90. The van der Waals surface area contributed by atoms with Crippen LogP contribution in [0.3, 0.4) is 0 Å². The van der Waals surface area contributed by atoms with Gasteiger partial charge in [-0.3, -0.25) is 4.79 Å². The van der Waals surface area contributed by atoms with Gasteiger partial charge >= 0.3 is 5.97 Å². The lowest BCUT2D eigenvalue weighted by Crippen LogP contribution is -2.45. The highest BCUT2D eigenvalue weighted by atomic mass is 35.5. The van der Waals surface area contributed by atoms with E-state index in [2.05, 4.69) is 5.32 Å². The first-order chi connectivity index (χ1) is 12.4. The molecule has 1 N–H and O–H groups in total. The predicted octanol–water partition coefficient (Wildman–Crippen LogP) is 4.88. The fourth-order valence-electron chi connectivity index (χ4n) is 2.35. The van der Waals surface area contributed by atoms with E-state index >= 15 is 0 Å². The average molecular weight is 394 g/mol. The predicted molar refractivity (Wildman–Crippen MR) is 103 cm³/mol. The van der Waals surface area contributed by atoms with E-state index < -0.39 is 12.0 Å². The Labute approximate surface area is 163 Å². The Kier molecular flexibility index (Phi) is 7.49. The van der Waals surface area contributed by atoms with Crippen molar-refractivity contribution in [3.63, 3.8) is 0 Å². The van der Waals surface area contributed by atoms with Crippen LogP contribution >= 0.6 is 23.2 Å². The third-order valence-corrected chi connectivity index (χ3v) is 4.81. The summed E-state index contributed by atoms with van der Waals surface area (Å²) in [7, 11) is 0. The zero-order valence-electron chi connectivity index (χ0n) is 14.7. The summed E-state index contributed by atoms with van der Waals surface area (Å²) in [6.07, 6.45) is 0.715. The highest BCUT2D eigenvalue weighted by molar-refractivity contribution is 6.31. The summed E-state index contributed by atoms with van der Waals surface area (Å²) < 4.78 is 5.39. The van der Waals surface area contributed by atoms with Gasteiger partial charge in [0.25, 0.3) is 5.91 Å². The molecule has 0 bridgehead atoms. The summed E-state index contributed by atoms with van der Waals surface area (Å²) in [6, 6.07) is 12.9. The molecule has 0 heterocycles. The molecule has 0 aliphatic heterocycles.